The Bertz CT molecular complexity index is 1640. The van der Waals surface area contributed by atoms with Crippen molar-refractivity contribution in [1.82, 2.24) is 25.3 Å². The van der Waals surface area contributed by atoms with Crippen molar-refractivity contribution < 1.29 is 38.3 Å². The van der Waals surface area contributed by atoms with Gasteiger partial charge in [0.2, 0.25) is 23.6 Å². The van der Waals surface area contributed by atoms with Crippen LogP contribution in [0.25, 0.3) is 0 Å². The second kappa shape index (κ2) is 27.9. The molecule has 14 nitrogen and oxygen atoms in total. The van der Waals surface area contributed by atoms with Crippen LogP contribution >= 0.6 is 0 Å². The summed E-state index contributed by atoms with van der Waals surface area (Å²) in [7, 11) is 4.60. The predicted octanol–water partition coefficient (Wildman–Crippen LogP) is 7.29. The van der Waals surface area contributed by atoms with Crippen LogP contribution in [0.2, 0.25) is 0 Å². The van der Waals surface area contributed by atoms with Gasteiger partial charge in [0.1, 0.15) is 24.2 Å². The second-order valence-corrected chi connectivity index (χ2v) is 19.9. The number of nitrogens with zero attached hydrogens (tertiary/aromatic N) is 4. The molecule has 2 N–H and O–H groups in total. The number of carbonyl (C=O) groups excluding carboxylic acids is 7. The lowest BCUT2D eigenvalue weighted by atomic mass is 9.86. The molecule has 64 heavy (non-hydrogen) atoms. The zero-order valence-corrected chi connectivity index (χ0v) is 41.5. The molecule has 0 aromatic heterocycles. The van der Waals surface area contributed by atoms with E-state index in [-0.39, 0.29) is 73.9 Å². The van der Waals surface area contributed by atoms with Crippen molar-refractivity contribution in [2.75, 3.05) is 21.1 Å². The summed E-state index contributed by atoms with van der Waals surface area (Å²) in [6.07, 6.45) is 9.54. The number of hydrogen-bond acceptors (Lipinski definition) is 9. The largest absolute Gasteiger partial charge is 0.451 e. The van der Waals surface area contributed by atoms with E-state index in [2.05, 4.69) is 30.6 Å². The Kier molecular flexibility index (Phi) is 24.4. The number of allylic oxidation sites excluding steroid dienone is 1. The van der Waals surface area contributed by atoms with Gasteiger partial charge in [-0.25, -0.2) is 4.79 Å². The monoisotopic (exact) mass is 897 g/mol. The van der Waals surface area contributed by atoms with Crippen LogP contribution in [-0.4, -0.2) is 113 Å². The standard InChI is InChI=1S/C50H84N6O8/c1-13-15-20-34(7)28-39-48(61)54(10)36(9)50(63)64-44(24-19-25-51)46(59)53-40(29-35(8)21-16-14-2)49(62)55(11)41(27-33(5)6)43(57)31-38(26-32(3)4)47(60)56(12)42(45(58)52-39)30-37-22-17-18-23-37/h22,32-36,38-42,44H,13-21,23-24,26-31H2,1-12H3,(H,52,58)(H,53,59)/t34-,35-,36+,38-,39?,40+,41+,42+,44-/m1/s1. The summed E-state index contributed by atoms with van der Waals surface area (Å²) in [6.45, 7) is 17.5. The molecule has 1 heterocycles. The quantitative estimate of drug-likeness (QED) is 0.105. The van der Waals surface area contributed by atoms with Crippen molar-refractivity contribution in [3.63, 3.8) is 0 Å². The molecule has 0 aromatic rings. The predicted molar refractivity (Wildman–Crippen MR) is 249 cm³/mol. The molecule has 1 saturated heterocycles. The van der Waals surface area contributed by atoms with Gasteiger partial charge in [0, 0.05) is 46.3 Å². The fourth-order valence-corrected chi connectivity index (χ4v) is 8.98. The fourth-order valence-electron chi connectivity index (χ4n) is 8.98. The van der Waals surface area contributed by atoms with Crippen LogP contribution in [0.3, 0.4) is 0 Å². The lowest BCUT2D eigenvalue weighted by Crippen LogP contribution is -2.57. The van der Waals surface area contributed by atoms with Gasteiger partial charge in [0.25, 0.3) is 5.91 Å². The van der Waals surface area contributed by atoms with Gasteiger partial charge in [-0.3, -0.25) is 28.8 Å². The van der Waals surface area contributed by atoms with Crippen molar-refractivity contribution in [3.05, 3.63) is 11.6 Å². The summed E-state index contributed by atoms with van der Waals surface area (Å²) < 4.78 is 5.80. The molecular weight excluding hydrogens is 813 g/mol. The molecule has 1 unspecified atom stereocenters. The van der Waals surface area contributed by atoms with E-state index in [4.69, 9.17) is 4.74 Å². The van der Waals surface area contributed by atoms with E-state index in [1.807, 2.05) is 47.6 Å². The van der Waals surface area contributed by atoms with Crippen molar-refractivity contribution in [1.29, 1.82) is 5.26 Å². The number of ether oxygens (including phenoxy) is 1. The van der Waals surface area contributed by atoms with Crippen molar-refractivity contribution in [3.8, 4) is 6.07 Å². The number of rotatable bonds is 18. The smallest absolute Gasteiger partial charge is 0.329 e. The number of nitriles is 1. The molecule has 362 valence electrons. The molecule has 1 aliphatic heterocycles. The van der Waals surface area contributed by atoms with E-state index >= 15 is 0 Å². The van der Waals surface area contributed by atoms with E-state index in [0.29, 0.717) is 12.8 Å². The summed E-state index contributed by atoms with van der Waals surface area (Å²) in [6, 6.07) is -3.26. The summed E-state index contributed by atoms with van der Waals surface area (Å²) in [5, 5.41) is 15.4. The molecule has 0 saturated carbocycles. The number of nitrogens with one attached hydrogen (secondary N) is 2. The van der Waals surface area contributed by atoms with E-state index in [0.717, 1.165) is 63.4 Å². The van der Waals surface area contributed by atoms with Gasteiger partial charge < -0.3 is 30.1 Å². The number of carbonyl (C=O) groups is 7. The number of hydrogen-bond donors (Lipinski definition) is 2. The molecule has 2 rings (SSSR count). The van der Waals surface area contributed by atoms with Gasteiger partial charge in [0.15, 0.2) is 11.9 Å². The number of Topliss-reactive ketones (excluding diaryl/α,β-unsaturated/α-hetero) is 1. The Labute approximate surface area is 385 Å². The van der Waals surface area contributed by atoms with Crippen molar-refractivity contribution in [2.45, 2.75) is 208 Å². The number of unbranched alkanes of at least 4 members (excludes halogenated alkanes) is 2. The molecule has 1 aliphatic carbocycles. The maximum atomic E-state index is 14.8. The first-order valence-electron chi connectivity index (χ1n) is 24.4. The molecule has 0 bridgehead atoms. The van der Waals surface area contributed by atoms with Gasteiger partial charge in [0.05, 0.1) is 12.1 Å². The Morgan fingerprint density at radius 1 is 0.734 bits per heavy atom. The summed E-state index contributed by atoms with van der Waals surface area (Å²) >= 11 is 0. The highest BCUT2D eigenvalue weighted by atomic mass is 16.5. The van der Waals surface area contributed by atoms with Gasteiger partial charge in [-0.2, -0.15) is 5.26 Å². The van der Waals surface area contributed by atoms with Crippen LogP contribution < -0.4 is 10.6 Å². The van der Waals surface area contributed by atoms with Crippen LogP contribution in [0.4, 0.5) is 0 Å². The third-order valence-corrected chi connectivity index (χ3v) is 13.1. The van der Waals surface area contributed by atoms with Crippen molar-refractivity contribution in [2.24, 2.45) is 29.6 Å². The number of cyclic esters (lactones) is 1. The van der Waals surface area contributed by atoms with Gasteiger partial charge in [-0.05, 0) is 82.0 Å². The minimum Gasteiger partial charge on any atom is -0.451 e. The number of amides is 5. The minimum atomic E-state index is -1.46. The molecule has 0 radical (unpaired) electrons. The summed E-state index contributed by atoms with van der Waals surface area (Å²) in [5.74, 6) is -4.63. The normalized spacial score (nSPS) is 26.3. The van der Waals surface area contributed by atoms with Gasteiger partial charge in [-0.15, -0.1) is 0 Å². The molecule has 9 atom stereocenters. The van der Waals surface area contributed by atoms with Crippen LogP contribution in [0.1, 0.15) is 171 Å². The zero-order chi connectivity index (χ0) is 48.3. The van der Waals surface area contributed by atoms with E-state index in [1.54, 1.807) is 14.1 Å². The third-order valence-electron chi connectivity index (χ3n) is 13.1. The lowest BCUT2D eigenvalue weighted by molar-refractivity contribution is -0.163. The second-order valence-electron chi connectivity index (χ2n) is 19.9. The highest BCUT2D eigenvalue weighted by Crippen LogP contribution is 2.29. The first kappa shape index (κ1) is 55.9. The third kappa shape index (κ3) is 17.6. The summed E-state index contributed by atoms with van der Waals surface area (Å²) in [5.41, 5.74) is 1.04. The van der Waals surface area contributed by atoms with Crippen LogP contribution in [0.15, 0.2) is 11.6 Å². The topological polar surface area (TPSA) is 186 Å². The number of likely N-dealkylation sites (N-methyl/N-ethyl adjacent to an activating group) is 3. The maximum absolute atomic E-state index is 14.8. The first-order chi connectivity index (χ1) is 30.2. The zero-order valence-electron chi connectivity index (χ0n) is 41.5. The van der Waals surface area contributed by atoms with Crippen molar-refractivity contribution >= 4 is 41.3 Å². The van der Waals surface area contributed by atoms with Crippen LogP contribution in [0.5, 0.6) is 0 Å². The average Bonchev–Trinajstić information content (AvgIpc) is 3.77. The molecule has 2 aliphatic rings. The molecule has 0 spiro atoms. The molecule has 1 fully saturated rings. The Hall–Kier alpha value is -4.28. The Morgan fingerprint density at radius 3 is 1.77 bits per heavy atom. The Balaban J connectivity index is 2.87. The average molecular weight is 897 g/mol. The highest BCUT2D eigenvalue weighted by molar-refractivity contribution is 5.97. The summed E-state index contributed by atoms with van der Waals surface area (Å²) in [4.78, 5) is 106. The molecule has 5 amide bonds. The lowest BCUT2D eigenvalue weighted by Gasteiger charge is -2.35. The van der Waals surface area contributed by atoms with E-state index < -0.39 is 71.8 Å². The SMILES string of the molecule is CCCC[C@@H](C)CC1NC(=O)[C@H](CC2=CCCC2)N(C)C(=O)[C@H](CC(C)C)CC(=O)[C@H](CC(C)C)N(C)C(=O)[C@H](C[C@H](C)CCCC)NC(=O)[C@@H](CCC#N)OC(=O)[C@H](C)N(C)C1=O. The molecular formula is C50H84N6O8. The first-order valence-corrected chi connectivity index (χ1v) is 24.4. The van der Waals surface area contributed by atoms with Gasteiger partial charge in [-0.1, -0.05) is 106 Å². The van der Waals surface area contributed by atoms with Crippen LogP contribution in [0, 0.1) is 40.9 Å². The highest BCUT2D eigenvalue weighted by Gasteiger charge is 2.41. The number of esters is 1. The Morgan fingerprint density at radius 2 is 1.27 bits per heavy atom. The molecule has 14 heteroatoms. The maximum Gasteiger partial charge on any atom is 0.329 e. The minimum absolute atomic E-state index is 0.00148. The van der Waals surface area contributed by atoms with Crippen LogP contribution in [-0.2, 0) is 38.3 Å². The van der Waals surface area contributed by atoms with E-state index in [1.165, 1.54) is 28.7 Å². The fraction of sp³-hybridized carbons (Fsp3) is 0.800. The van der Waals surface area contributed by atoms with E-state index in [9.17, 15) is 38.8 Å². The number of ketones is 1. The van der Waals surface area contributed by atoms with Gasteiger partial charge >= 0.3 is 5.97 Å². The molecule has 0 aromatic carbocycles.